The molecule has 0 amide bonds. The summed E-state index contributed by atoms with van der Waals surface area (Å²) in [4.78, 5) is 29.1. The molecule has 0 bridgehead atoms. The number of fused-ring (bicyclic) bond motifs is 3. The van der Waals surface area contributed by atoms with Crippen molar-refractivity contribution in [2.45, 2.75) is 25.7 Å². The summed E-state index contributed by atoms with van der Waals surface area (Å²) in [5.74, 6) is 1.83. The van der Waals surface area contributed by atoms with Gasteiger partial charge in [-0.05, 0) is 37.3 Å². The molecule has 0 saturated heterocycles. The van der Waals surface area contributed by atoms with Gasteiger partial charge in [0.1, 0.15) is 16.3 Å². The summed E-state index contributed by atoms with van der Waals surface area (Å²) in [7, 11) is 0. The third kappa shape index (κ3) is 3.30. The van der Waals surface area contributed by atoms with Crippen molar-refractivity contribution in [1.82, 2.24) is 39.7 Å². The summed E-state index contributed by atoms with van der Waals surface area (Å²) in [5.41, 5.74) is 2.80. The number of aromatic nitrogens is 8. The van der Waals surface area contributed by atoms with Crippen molar-refractivity contribution in [2.75, 3.05) is 5.32 Å². The molecular weight excluding hydrogens is 410 g/mol. The smallest absolute Gasteiger partial charge is 0.250 e. The van der Waals surface area contributed by atoms with Crippen LogP contribution in [-0.2, 0) is 12.8 Å². The van der Waals surface area contributed by atoms with Crippen LogP contribution in [0.2, 0.25) is 0 Å². The zero-order valence-corrected chi connectivity index (χ0v) is 17.2. The highest BCUT2D eigenvalue weighted by Gasteiger charge is 2.22. The lowest BCUT2D eigenvalue weighted by atomic mass is 9.97. The predicted octanol–water partition coefficient (Wildman–Crippen LogP) is 3.75. The van der Waals surface area contributed by atoms with Gasteiger partial charge >= 0.3 is 0 Å². The minimum Gasteiger partial charge on any atom is -0.337 e. The molecule has 0 atom stereocenters. The molecule has 0 aromatic carbocycles. The Morgan fingerprint density at radius 1 is 0.935 bits per heavy atom. The van der Waals surface area contributed by atoms with E-state index in [1.807, 2.05) is 6.20 Å². The molecule has 0 spiro atoms. The van der Waals surface area contributed by atoms with Crippen molar-refractivity contribution in [2.24, 2.45) is 0 Å². The summed E-state index contributed by atoms with van der Waals surface area (Å²) in [6.07, 6.45) is 16.5. The predicted molar refractivity (Wildman–Crippen MR) is 118 cm³/mol. The molecule has 5 heterocycles. The van der Waals surface area contributed by atoms with Gasteiger partial charge < -0.3 is 5.32 Å². The van der Waals surface area contributed by atoms with E-state index in [2.05, 4.69) is 30.4 Å². The fraction of sp³-hybridized carbons (Fsp3) is 0.190. The monoisotopic (exact) mass is 427 g/mol. The van der Waals surface area contributed by atoms with Crippen LogP contribution in [-0.4, -0.2) is 39.7 Å². The Balaban J connectivity index is 1.46. The molecule has 0 saturated carbocycles. The van der Waals surface area contributed by atoms with Crippen molar-refractivity contribution in [3.05, 3.63) is 59.9 Å². The van der Waals surface area contributed by atoms with Crippen LogP contribution in [0.1, 0.15) is 23.3 Å². The van der Waals surface area contributed by atoms with E-state index in [9.17, 15) is 0 Å². The summed E-state index contributed by atoms with van der Waals surface area (Å²) in [5, 5.41) is 8.93. The van der Waals surface area contributed by atoms with Gasteiger partial charge in [0.15, 0.2) is 5.82 Å². The third-order valence-electron chi connectivity index (χ3n) is 5.21. The molecule has 0 radical (unpaired) electrons. The van der Waals surface area contributed by atoms with Gasteiger partial charge in [0, 0.05) is 29.7 Å². The molecule has 152 valence electrons. The minimum atomic E-state index is 0.511. The van der Waals surface area contributed by atoms with E-state index in [0.717, 1.165) is 34.6 Å². The van der Waals surface area contributed by atoms with E-state index >= 15 is 0 Å². The standard InChI is InChI=1S/C21H17N9S/c1-2-5-16-14(4-1)17-19(27-13-10-26-30(12-13)21-24-6-3-7-25-21)28-18(29-20(17)31-16)15-11-22-8-9-23-15/h3,6-12H,1-2,4-5H2,(H,27,28,29). The van der Waals surface area contributed by atoms with E-state index in [4.69, 9.17) is 9.97 Å². The van der Waals surface area contributed by atoms with Crippen molar-refractivity contribution in [3.8, 4) is 17.5 Å². The normalized spacial score (nSPS) is 13.3. The first-order valence-electron chi connectivity index (χ1n) is 10.0. The van der Waals surface area contributed by atoms with Crippen LogP contribution in [0.3, 0.4) is 0 Å². The molecule has 1 N–H and O–H groups in total. The number of nitrogens with zero attached hydrogens (tertiary/aromatic N) is 8. The topological polar surface area (TPSA) is 107 Å². The van der Waals surface area contributed by atoms with Crippen molar-refractivity contribution >= 4 is 33.1 Å². The average molecular weight is 427 g/mol. The van der Waals surface area contributed by atoms with Crippen LogP contribution in [0.4, 0.5) is 11.5 Å². The summed E-state index contributed by atoms with van der Waals surface area (Å²) in [6, 6.07) is 1.78. The van der Waals surface area contributed by atoms with Gasteiger partial charge in [-0.1, -0.05) is 0 Å². The maximum Gasteiger partial charge on any atom is 0.250 e. The van der Waals surface area contributed by atoms with Gasteiger partial charge in [0.05, 0.1) is 29.7 Å². The number of hydrogen-bond donors (Lipinski definition) is 1. The fourth-order valence-electron chi connectivity index (χ4n) is 3.82. The second-order valence-corrected chi connectivity index (χ2v) is 8.31. The number of thiophene rings is 1. The summed E-state index contributed by atoms with van der Waals surface area (Å²) >= 11 is 1.76. The minimum absolute atomic E-state index is 0.511. The summed E-state index contributed by atoms with van der Waals surface area (Å²) in [6.45, 7) is 0. The Morgan fingerprint density at radius 2 is 1.84 bits per heavy atom. The molecule has 5 aromatic rings. The molecule has 0 fully saturated rings. The SMILES string of the molecule is c1cnc(-n2cc(Nc3nc(-c4cnccn4)nc4sc5c(c34)CCCC5)cn2)nc1. The van der Waals surface area contributed by atoms with E-state index < -0.39 is 0 Å². The molecule has 31 heavy (non-hydrogen) atoms. The third-order valence-corrected chi connectivity index (χ3v) is 6.40. The maximum atomic E-state index is 4.84. The quantitative estimate of drug-likeness (QED) is 0.462. The first kappa shape index (κ1) is 18.0. The van der Waals surface area contributed by atoms with E-state index in [-0.39, 0.29) is 0 Å². The van der Waals surface area contributed by atoms with Gasteiger partial charge in [-0.2, -0.15) is 5.10 Å². The van der Waals surface area contributed by atoms with E-state index in [1.165, 1.54) is 23.3 Å². The zero-order chi connectivity index (χ0) is 20.6. The number of rotatable bonds is 4. The highest BCUT2D eigenvalue weighted by atomic mass is 32.1. The molecule has 9 nitrogen and oxygen atoms in total. The Hall–Kier alpha value is -3.79. The number of aryl methyl sites for hydroxylation is 2. The molecule has 1 aliphatic rings. The Morgan fingerprint density at radius 3 is 2.71 bits per heavy atom. The van der Waals surface area contributed by atoms with Crippen molar-refractivity contribution in [3.63, 3.8) is 0 Å². The van der Waals surface area contributed by atoms with Crippen LogP contribution >= 0.6 is 11.3 Å². The van der Waals surface area contributed by atoms with Crippen LogP contribution in [0.5, 0.6) is 0 Å². The summed E-state index contributed by atoms with van der Waals surface area (Å²) < 4.78 is 1.63. The van der Waals surface area contributed by atoms with Gasteiger partial charge in [-0.15, -0.1) is 11.3 Å². The van der Waals surface area contributed by atoms with Crippen molar-refractivity contribution in [1.29, 1.82) is 0 Å². The van der Waals surface area contributed by atoms with Crippen LogP contribution in [0.25, 0.3) is 27.7 Å². The van der Waals surface area contributed by atoms with Gasteiger partial charge in [-0.25, -0.2) is 29.6 Å². The van der Waals surface area contributed by atoms with Crippen molar-refractivity contribution < 1.29 is 0 Å². The fourth-order valence-corrected chi connectivity index (χ4v) is 5.08. The number of anilines is 2. The highest BCUT2D eigenvalue weighted by Crippen LogP contribution is 2.40. The molecule has 1 aliphatic carbocycles. The first-order valence-corrected chi connectivity index (χ1v) is 10.8. The number of hydrogen-bond acceptors (Lipinski definition) is 9. The molecule has 0 unspecified atom stereocenters. The van der Waals surface area contributed by atoms with E-state index in [0.29, 0.717) is 17.5 Å². The molecular formula is C21H17N9S. The van der Waals surface area contributed by atoms with Crippen LogP contribution < -0.4 is 5.32 Å². The second-order valence-electron chi connectivity index (χ2n) is 7.22. The van der Waals surface area contributed by atoms with Gasteiger partial charge in [0.2, 0.25) is 5.95 Å². The van der Waals surface area contributed by atoms with Gasteiger partial charge in [0.25, 0.3) is 0 Å². The Kier molecular flexibility index (Phi) is 4.34. The molecule has 0 aliphatic heterocycles. The largest absolute Gasteiger partial charge is 0.337 e. The van der Waals surface area contributed by atoms with Gasteiger partial charge in [-0.3, -0.25) is 4.98 Å². The van der Waals surface area contributed by atoms with E-state index in [1.54, 1.807) is 59.3 Å². The average Bonchev–Trinajstić information content (AvgIpc) is 3.45. The second kappa shape index (κ2) is 7.47. The molecule has 6 rings (SSSR count). The van der Waals surface area contributed by atoms with Crippen LogP contribution in [0, 0.1) is 0 Å². The lowest BCUT2D eigenvalue weighted by molar-refractivity contribution is 0.700. The molecule has 5 aromatic heterocycles. The number of nitrogens with one attached hydrogen (secondary N) is 1. The zero-order valence-electron chi connectivity index (χ0n) is 16.4. The lowest BCUT2D eigenvalue weighted by Crippen LogP contribution is -2.03. The first-order chi connectivity index (χ1) is 15.3. The molecule has 10 heteroatoms. The Labute approximate surface area is 181 Å². The highest BCUT2D eigenvalue weighted by molar-refractivity contribution is 7.19. The Bertz CT molecular complexity index is 1360. The maximum absolute atomic E-state index is 4.84. The lowest BCUT2D eigenvalue weighted by Gasteiger charge is -2.12. The van der Waals surface area contributed by atoms with Crippen LogP contribution in [0.15, 0.2) is 49.4 Å².